The van der Waals surface area contributed by atoms with Crippen LogP contribution >= 0.6 is 15.9 Å². The molecule has 1 rings (SSSR count). The molecule has 0 aliphatic rings. The highest BCUT2D eigenvalue weighted by atomic mass is 79.9. The second-order valence-electron chi connectivity index (χ2n) is 5.12. The molecule has 0 saturated heterocycles. The van der Waals surface area contributed by atoms with Crippen LogP contribution in [0.3, 0.4) is 0 Å². The summed E-state index contributed by atoms with van der Waals surface area (Å²) in [6, 6.07) is 5.37. The van der Waals surface area contributed by atoms with Gasteiger partial charge < -0.3 is 20.4 Å². The standard InChI is InChI=1S/C13H21BrN2O2/c1-13(18,9-16(2)3)8-15-7-10-4-5-12(17)11(14)6-10/h4-6,15,17-18H,7-9H2,1-3H3. The lowest BCUT2D eigenvalue weighted by atomic mass is 10.1. The molecule has 0 radical (unpaired) electrons. The van der Waals surface area contributed by atoms with Crippen molar-refractivity contribution < 1.29 is 10.2 Å². The second-order valence-corrected chi connectivity index (χ2v) is 5.98. The van der Waals surface area contributed by atoms with Crippen LogP contribution in [0.15, 0.2) is 22.7 Å². The van der Waals surface area contributed by atoms with Gasteiger partial charge in [0.1, 0.15) is 5.75 Å². The van der Waals surface area contributed by atoms with Crippen LogP contribution in [-0.2, 0) is 6.54 Å². The molecule has 0 heterocycles. The molecule has 4 nitrogen and oxygen atoms in total. The van der Waals surface area contributed by atoms with Gasteiger partial charge in [0, 0.05) is 19.6 Å². The van der Waals surface area contributed by atoms with Crippen molar-refractivity contribution >= 4 is 15.9 Å². The Hall–Kier alpha value is -0.620. The number of hydrogen-bond donors (Lipinski definition) is 3. The first kappa shape index (κ1) is 15.4. The minimum Gasteiger partial charge on any atom is -0.507 e. The van der Waals surface area contributed by atoms with Gasteiger partial charge in [-0.2, -0.15) is 0 Å². The summed E-state index contributed by atoms with van der Waals surface area (Å²) in [6.45, 7) is 3.60. The van der Waals surface area contributed by atoms with Crippen LogP contribution < -0.4 is 5.32 Å². The van der Waals surface area contributed by atoms with E-state index in [-0.39, 0.29) is 5.75 Å². The average molecular weight is 317 g/mol. The molecule has 1 unspecified atom stereocenters. The smallest absolute Gasteiger partial charge is 0.129 e. The van der Waals surface area contributed by atoms with E-state index in [2.05, 4.69) is 21.2 Å². The number of aliphatic hydroxyl groups is 1. The Morgan fingerprint density at radius 1 is 1.39 bits per heavy atom. The molecular formula is C13H21BrN2O2. The third-order valence-electron chi connectivity index (χ3n) is 2.50. The molecule has 0 bridgehead atoms. The molecule has 0 fully saturated rings. The molecule has 0 aliphatic carbocycles. The number of phenols is 1. The molecular weight excluding hydrogens is 296 g/mol. The van der Waals surface area contributed by atoms with Gasteiger partial charge in [-0.3, -0.25) is 0 Å². The third kappa shape index (κ3) is 5.35. The van der Waals surface area contributed by atoms with E-state index in [0.717, 1.165) is 5.56 Å². The van der Waals surface area contributed by atoms with Crippen LogP contribution in [0.25, 0.3) is 0 Å². The zero-order chi connectivity index (χ0) is 13.8. The molecule has 0 amide bonds. The maximum atomic E-state index is 10.1. The molecule has 18 heavy (non-hydrogen) atoms. The Kier molecular flexibility index (Phi) is 5.59. The first-order valence-electron chi connectivity index (χ1n) is 5.85. The van der Waals surface area contributed by atoms with Crippen molar-refractivity contribution in [1.29, 1.82) is 0 Å². The van der Waals surface area contributed by atoms with Gasteiger partial charge in [-0.1, -0.05) is 6.07 Å². The van der Waals surface area contributed by atoms with Gasteiger partial charge in [0.15, 0.2) is 0 Å². The fraction of sp³-hybridized carbons (Fsp3) is 0.538. The second kappa shape index (κ2) is 6.52. The molecule has 0 aromatic heterocycles. The Morgan fingerprint density at radius 2 is 2.06 bits per heavy atom. The quantitative estimate of drug-likeness (QED) is 0.745. The number of nitrogens with zero attached hydrogens (tertiary/aromatic N) is 1. The zero-order valence-electron chi connectivity index (χ0n) is 11.1. The highest BCUT2D eigenvalue weighted by molar-refractivity contribution is 9.10. The lowest BCUT2D eigenvalue weighted by Gasteiger charge is -2.27. The van der Waals surface area contributed by atoms with Crippen LogP contribution in [-0.4, -0.2) is 47.9 Å². The zero-order valence-corrected chi connectivity index (χ0v) is 12.7. The first-order valence-corrected chi connectivity index (χ1v) is 6.65. The van der Waals surface area contributed by atoms with Crippen LogP contribution in [0, 0.1) is 0 Å². The van der Waals surface area contributed by atoms with E-state index < -0.39 is 5.60 Å². The molecule has 5 heteroatoms. The van der Waals surface area contributed by atoms with Gasteiger partial charge in [-0.05, 0) is 54.6 Å². The average Bonchev–Trinajstić information content (AvgIpc) is 2.21. The fourth-order valence-electron chi connectivity index (χ4n) is 1.87. The van der Waals surface area contributed by atoms with E-state index >= 15 is 0 Å². The minimum atomic E-state index is -0.752. The molecule has 102 valence electrons. The van der Waals surface area contributed by atoms with Gasteiger partial charge in [0.05, 0.1) is 10.1 Å². The first-order chi connectivity index (χ1) is 8.30. The summed E-state index contributed by atoms with van der Waals surface area (Å²) in [5.74, 6) is 0.235. The summed E-state index contributed by atoms with van der Waals surface area (Å²) >= 11 is 3.28. The Balaban J connectivity index is 2.43. The Labute approximate surface area is 117 Å². The molecule has 1 atom stereocenters. The minimum absolute atomic E-state index is 0.235. The highest BCUT2D eigenvalue weighted by Crippen LogP contribution is 2.24. The van der Waals surface area contributed by atoms with E-state index in [4.69, 9.17) is 0 Å². The summed E-state index contributed by atoms with van der Waals surface area (Å²) < 4.78 is 0.682. The number of phenolic OH excluding ortho intramolecular Hbond substituents is 1. The summed E-state index contributed by atoms with van der Waals surface area (Å²) in [6.07, 6.45) is 0. The number of nitrogens with one attached hydrogen (secondary N) is 1. The van der Waals surface area contributed by atoms with Gasteiger partial charge >= 0.3 is 0 Å². The topological polar surface area (TPSA) is 55.7 Å². The molecule has 0 aliphatic heterocycles. The van der Waals surface area contributed by atoms with E-state index in [1.165, 1.54) is 0 Å². The number of likely N-dealkylation sites (N-methyl/N-ethyl adjacent to an activating group) is 1. The maximum Gasteiger partial charge on any atom is 0.129 e. The van der Waals surface area contributed by atoms with Crippen molar-refractivity contribution in [3.05, 3.63) is 28.2 Å². The van der Waals surface area contributed by atoms with Gasteiger partial charge in [0.25, 0.3) is 0 Å². The Morgan fingerprint density at radius 3 is 2.61 bits per heavy atom. The summed E-state index contributed by atoms with van der Waals surface area (Å²) in [5, 5.41) is 22.7. The van der Waals surface area contributed by atoms with E-state index in [0.29, 0.717) is 24.1 Å². The van der Waals surface area contributed by atoms with Crippen molar-refractivity contribution in [3.8, 4) is 5.75 Å². The van der Waals surface area contributed by atoms with E-state index in [1.54, 1.807) is 6.07 Å². The largest absolute Gasteiger partial charge is 0.507 e. The van der Waals surface area contributed by atoms with Crippen molar-refractivity contribution in [2.45, 2.75) is 19.1 Å². The maximum absolute atomic E-state index is 10.1. The number of benzene rings is 1. The number of halogens is 1. The molecule has 3 N–H and O–H groups in total. The number of rotatable bonds is 6. The lowest BCUT2D eigenvalue weighted by Crippen LogP contribution is -2.45. The third-order valence-corrected chi connectivity index (χ3v) is 3.14. The van der Waals surface area contributed by atoms with E-state index in [9.17, 15) is 10.2 Å². The molecule has 1 aromatic carbocycles. The summed E-state index contributed by atoms with van der Waals surface area (Å²) in [7, 11) is 3.87. The van der Waals surface area contributed by atoms with Gasteiger partial charge in [-0.15, -0.1) is 0 Å². The van der Waals surface area contributed by atoms with Crippen molar-refractivity contribution in [2.75, 3.05) is 27.2 Å². The van der Waals surface area contributed by atoms with Gasteiger partial charge in [-0.25, -0.2) is 0 Å². The van der Waals surface area contributed by atoms with Gasteiger partial charge in [0.2, 0.25) is 0 Å². The van der Waals surface area contributed by atoms with Crippen LogP contribution in [0.5, 0.6) is 5.75 Å². The van der Waals surface area contributed by atoms with Crippen molar-refractivity contribution in [2.24, 2.45) is 0 Å². The predicted molar refractivity (Wildman–Crippen MR) is 76.7 cm³/mol. The lowest BCUT2D eigenvalue weighted by molar-refractivity contribution is 0.0336. The number of aromatic hydroxyl groups is 1. The van der Waals surface area contributed by atoms with Crippen molar-refractivity contribution in [1.82, 2.24) is 10.2 Å². The monoisotopic (exact) mass is 316 g/mol. The van der Waals surface area contributed by atoms with Crippen molar-refractivity contribution in [3.63, 3.8) is 0 Å². The summed E-state index contributed by atoms with van der Waals surface area (Å²) in [5.41, 5.74) is 0.304. The molecule has 0 spiro atoms. The van der Waals surface area contributed by atoms with E-state index in [1.807, 2.05) is 38.1 Å². The van der Waals surface area contributed by atoms with Crippen LogP contribution in [0.1, 0.15) is 12.5 Å². The predicted octanol–water partition coefficient (Wildman–Crippen LogP) is 1.56. The summed E-state index contributed by atoms with van der Waals surface area (Å²) in [4.78, 5) is 1.96. The van der Waals surface area contributed by atoms with Crippen LogP contribution in [0.2, 0.25) is 0 Å². The normalized spacial score (nSPS) is 14.8. The number of hydrogen-bond acceptors (Lipinski definition) is 4. The van der Waals surface area contributed by atoms with Crippen LogP contribution in [0.4, 0.5) is 0 Å². The Bertz CT molecular complexity index is 395. The fourth-order valence-corrected chi connectivity index (χ4v) is 2.30. The molecule has 1 aromatic rings. The molecule has 0 saturated carbocycles. The highest BCUT2D eigenvalue weighted by Gasteiger charge is 2.20. The SMILES string of the molecule is CN(C)CC(C)(O)CNCc1ccc(O)c(Br)c1.